The van der Waals surface area contributed by atoms with Crippen molar-refractivity contribution in [2.24, 2.45) is 0 Å². The van der Waals surface area contributed by atoms with E-state index < -0.39 is 0 Å². The molecule has 0 aliphatic rings. The van der Waals surface area contributed by atoms with Gasteiger partial charge in [0.05, 0.1) is 0 Å². The van der Waals surface area contributed by atoms with Crippen LogP contribution in [0.5, 0.6) is 0 Å². The molecule has 0 heterocycles. The lowest BCUT2D eigenvalue weighted by atomic mass is 10.2. The molecular weight excluding hydrogens is 172 g/mol. The third-order valence-electron chi connectivity index (χ3n) is 2.36. The Morgan fingerprint density at radius 3 is 2.21 bits per heavy atom. The van der Waals surface area contributed by atoms with Crippen molar-refractivity contribution in [1.82, 2.24) is 10.6 Å². The maximum Gasteiger partial charge on any atom is 0.0164 e. The third-order valence-corrected chi connectivity index (χ3v) is 2.36. The second-order valence-corrected chi connectivity index (χ2v) is 4.48. The van der Waals surface area contributed by atoms with Gasteiger partial charge in [-0.15, -0.1) is 0 Å². The zero-order valence-corrected chi connectivity index (χ0v) is 10.4. The molecule has 86 valence electrons. The first kappa shape index (κ1) is 13.9. The normalized spacial score (nSPS) is 13.5. The van der Waals surface area contributed by atoms with E-state index in [0.29, 0.717) is 12.1 Å². The van der Waals surface area contributed by atoms with Crippen LogP contribution in [0.2, 0.25) is 0 Å². The summed E-state index contributed by atoms with van der Waals surface area (Å²) in [7, 11) is 0. The zero-order chi connectivity index (χ0) is 10.8. The smallest absolute Gasteiger partial charge is 0.0164 e. The standard InChI is InChI=1S/C12H28N2/c1-5-6-7-8-9-13-12(4)10-14-11(2)3/h11-14H,5-10H2,1-4H3. The maximum absolute atomic E-state index is 3.53. The first-order valence-electron chi connectivity index (χ1n) is 6.13. The van der Waals surface area contributed by atoms with E-state index in [2.05, 4.69) is 38.3 Å². The Bertz CT molecular complexity index is 113. The first-order valence-corrected chi connectivity index (χ1v) is 6.13. The quantitative estimate of drug-likeness (QED) is 0.559. The molecule has 1 unspecified atom stereocenters. The molecule has 0 spiro atoms. The molecule has 0 aromatic carbocycles. The number of nitrogens with one attached hydrogen (secondary N) is 2. The second-order valence-electron chi connectivity index (χ2n) is 4.48. The lowest BCUT2D eigenvalue weighted by molar-refractivity contribution is 0.465. The van der Waals surface area contributed by atoms with Crippen molar-refractivity contribution in [3.05, 3.63) is 0 Å². The molecule has 2 nitrogen and oxygen atoms in total. The van der Waals surface area contributed by atoms with Crippen LogP contribution in [-0.4, -0.2) is 25.2 Å². The van der Waals surface area contributed by atoms with Crippen molar-refractivity contribution in [3.63, 3.8) is 0 Å². The van der Waals surface area contributed by atoms with Crippen molar-refractivity contribution in [2.75, 3.05) is 13.1 Å². The lowest BCUT2D eigenvalue weighted by Gasteiger charge is -2.16. The summed E-state index contributed by atoms with van der Waals surface area (Å²) in [4.78, 5) is 0. The highest BCUT2D eigenvalue weighted by Crippen LogP contribution is 1.97. The molecule has 0 rings (SSSR count). The van der Waals surface area contributed by atoms with Crippen molar-refractivity contribution >= 4 is 0 Å². The summed E-state index contributed by atoms with van der Waals surface area (Å²) in [6.07, 6.45) is 5.39. The molecule has 0 radical (unpaired) electrons. The van der Waals surface area contributed by atoms with Crippen molar-refractivity contribution < 1.29 is 0 Å². The van der Waals surface area contributed by atoms with E-state index in [-0.39, 0.29) is 0 Å². The van der Waals surface area contributed by atoms with Gasteiger partial charge in [0.25, 0.3) is 0 Å². The first-order chi connectivity index (χ1) is 6.66. The highest BCUT2D eigenvalue weighted by atomic mass is 15.0. The van der Waals surface area contributed by atoms with Gasteiger partial charge in [0.15, 0.2) is 0 Å². The second kappa shape index (κ2) is 9.47. The average Bonchev–Trinajstić information content (AvgIpc) is 2.14. The van der Waals surface area contributed by atoms with E-state index in [1.807, 2.05) is 0 Å². The fourth-order valence-electron chi connectivity index (χ4n) is 1.38. The van der Waals surface area contributed by atoms with Gasteiger partial charge in [-0.25, -0.2) is 0 Å². The largest absolute Gasteiger partial charge is 0.313 e. The minimum atomic E-state index is 0.596. The predicted molar refractivity (Wildman–Crippen MR) is 64.7 cm³/mol. The summed E-state index contributed by atoms with van der Waals surface area (Å²) in [5, 5.41) is 6.97. The van der Waals surface area contributed by atoms with Crippen LogP contribution in [-0.2, 0) is 0 Å². The highest BCUT2D eigenvalue weighted by molar-refractivity contribution is 4.65. The molecule has 0 aromatic rings. The van der Waals surface area contributed by atoms with Crippen molar-refractivity contribution in [3.8, 4) is 0 Å². The van der Waals surface area contributed by atoms with Crippen LogP contribution in [0.4, 0.5) is 0 Å². The molecule has 0 saturated heterocycles. The lowest BCUT2D eigenvalue weighted by Crippen LogP contribution is -2.39. The Morgan fingerprint density at radius 2 is 1.64 bits per heavy atom. The summed E-state index contributed by atoms with van der Waals surface area (Å²) in [6.45, 7) is 11.1. The number of hydrogen-bond donors (Lipinski definition) is 2. The fourth-order valence-corrected chi connectivity index (χ4v) is 1.38. The van der Waals surface area contributed by atoms with Crippen LogP contribution in [0, 0.1) is 0 Å². The van der Waals surface area contributed by atoms with Crippen LogP contribution >= 0.6 is 0 Å². The molecule has 2 heteroatoms. The molecule has 1 atom stereocenters. The molecule has 0 aromatic heterocycles. The van der Waals surface area contributed by atoms with Gasteiger partial charge in [0.1, 0.15) is 0 Å². The molecular formula is C12H28N2. The van der Waals surface area contributed by atoms with Gasteiger partial charge in [-0.05, 0) is 19.9 Å². The Balaban J connectivity index is 3.14. The van der Waals surface area contributed by atoms with Gasteiger partial charge in [-0.2, -0.15) is 0 Å². The maximum atomic E-state index is 3.53. The molecule has 14 heavy (non-hydrogen) atoms. The number of rotatable bonds is 9. The van der Waals surface area contributed by atoms with Crippen LogP contribution in [0.15, 0.2) is 0 Å². The summed E-state index contributed by atoms with van der Waals surface area (Å²) in [5.41, 5.74) is 0. The molecule has 0 saturated carbocycles. The van der Waals surface area contributed by atoms with Crippen LogP contribution in [0.1, 0.15) is 53.4 Å². The Hall–Kier alpha value is -0.0800. The van der Waals surface area contributed by atoms with E-state index >= 15 is 0 Å². The molecule has 0 bridgehead atoms. The fraction of sp³-hybridized carbons (Fsp3) is 1.00. The van der Waals surface area contributed by atoms with E-state index in [1.165, 1.54) is 32.2 Å². The SMILES string of the molecule is CCCCCCNC(C)CNC(C)C. The van der Waals surface area contributed by atoms with Gasteiger partial charge < -0.3 is 10.6 Å². The van der Waals surface area contributed by atoms with Crippen LogP contribution in [0.3, 0.4) is 0 Å². The van der Waals surface area contributed by atoms with Crippen LogP contribution in [0.25, 0.3) is 0 Å². The number of hydrogen-bond acceptors (Lipinski definition) is 2. The van der Waals surface area contributed by atoms with E-state index in [1.54, 1.807) is 0 Å². The highest BCUT2D eigenvalue weighted by Gasteiger charge is 2.00. The minimum Gasteiger partial charge on any atom is -0.313 e. The van der Waals surface area contributed by atoms with E-state index in [9.17, 15) is 0 Å². The molecule has 0 aliphatic heterocycles. The predicted octanol–water partition coefficient (Wildman–Crippen LogP) is 2.54. The Kier molecular flexibility index (Phi) is 9.42. The van der Waals surface area contributed by atoms with Crippen molar-refractivity contribution in [2.45, 2.75) is 65.5 Å². The van der Waals surface area contributed by atoms with Gasteiger partial charge in [0, 0.05) is 18.6 Å². The Labute approximate surface area is 89.9 Å². The topological polar surface area (TPSA) is 24.1 Å². The summed E-state index contributed by atoms with van der Waals surface area (Å²) in [6, 6.07) is 1.19. The molecule has 0 aliphatic carbocycles. The minimum absolute atomic E-state index is 0.596. The molecule has 0 fully saturated rings. The summed E-state index contributed by atoms with van der Waals surface area (Å²) >= 11 is 0. The third kappa shape index (κ3) is 10.0. The van der Waals surface area contributed by atoms with Crippen molar-refractivity contribution in [1.29, 1.82) is 0 Å². The zero-order valence-electron chi connectivity index (χ0n) is 10.4. The van der Waals surface area contributed by atoms with E-state index in [4.69, 9.17) is 0 Å². The van der Waals surface area contributed by atoms with Crippen LogP contribution < -0.4 is 10.6 Å². The summed E-state index contributed by atoms with van der Waals surface area (Å²) < 4.78 is 0. The van der Waals surface area contributed by atoms with E-state index in [0.717, 1.165) is 6.54 Å². The molecule has 0 amide bonds. The monoisotopic (exact) mass is 200 g/mol. The average molecular weight is 200 g/mol. The van der Waals surface area contributed by atoms with Gasteiger partial charge in [-0.1, -0.05) is 40.0 Å². The summed E-state index contributed by atoms with van der Waals surface area (Å²) in [5.74, 6) is 0. The van der Waals surface area contributed by atoms with Gasteiger partial charge in [-0.3, -0.25) is 0 Å². The number of unbranched alkanes of at least 4 members (excludes halogenated alkanes) is 3. The van der Waals surface area contributed by atoms with Gasteiger partial charge in [0.2, 0.25) is 0 Å². The van der Waals surface area contributed by atoms with Gasteiger partial charge >= 0.3 is 0 Å². The Morgan fingerprint density at radius 1 is 0.929 bits per heavy atom. The molecule has 2 N–H and O–H groups in total.